The Balaban J connectivity index is 1.88. The summed E-state index contributed by atoms with van der Waals surface area (Å²) in [6.45, 7) is 11.5. The average Bonchev–Trinajstić information content (AvgIpc) is 2.77. The minimum atomic E-state index is -1.66. The Bertz CT molecular complexity index is 467. The van der Waals surface area contributed by atoms with E-state index in [9.17, 15) is 0 Å². The first-order valence-electron chi connectivity index (χ1n) is 7.83. The van der Waals surface area contributed by atoms with Crippen molar-refractivity contribution in [2.45, 2.75) is 70.3 Å². The van der Waals surface area contributed by atoms with Gasteiger partial charge in [0.2, 0.25) is 0 Å². The molecule has 0 bridgehead atoms. The number of rotatable bonds is 4. The van der Waals surface area contributed by atoms with Crippen LogP contribution in [0.3, 0.4) is 0 Å². The van der Waals surface area contributed by atoms with Gasteiger partial charge in [0, 0.05) is 12.1 Å². The molecule has 1 aliphatic rings. The van der Waals surface area contributed by atoms with Crippen LogP contribution in [0.5, 0.6) is 0 Å². The van der Waals surface area contributed by atoms with E-state index in [0.717, 1.165) is 24.9 Å². The van der Waals surface area contributed by atoms with Crippen molar-refractivity contribution in [2.75, 3.05) is 11.1 Å². The van der Waals surface area contributed by atoms with Crippen LogP contribution in [0.2, 0.25) is 18.1 Å². The summed E-state index contributed by atoms with van der Waals surface area (Å²) in [5.41, 5.74) is 6.66. The lowest BCUT2D eigenvalue weighted by molar-refractivity contribution is 0.187. The number of pyridine rings is 1. The fraction of sp³-hybridized carbons (Fsp3) is 0.688. The summed E-state index contributed by atoms with van der Waals surface area (Å²) in [6.07, 6.45) is 5.58. The number of hydrogen-bond acceptors (Lipinski definition) is 4. The van der Waals surface area contributed by atoms with Crippen molar-refractivity contribution in [3.63, 3.8) is 0 Å². The number of nitrogens with zero attached hydrogens (tertiary/aromatic N) is 1. The van der Waals surface area contributed by atoms with Crippen molar-refractivity contribution in [1.82, 2.24) is 4.98 Å². The number of hydrogen-bond donors (Lipinski definition) is 2. The molecule has 2 rings (SSSR count). The van der Waals surface area contributed by atoms with E-state index in [-0.39, 0.29) is 5.04 Å². The lowest BCUT2D eigenvalue weighted by atomic mass is 10.2. The molecule has 0 saturated heterocycles. The van der Waals surface area contributed by atoms with Crippen molar-refractivity contribution in [3.05, 3.63) is 18.3 Å². The molecular weight excluding hydrogens is 278 g/mol. The predicted octanol–water partition coefficient (Wildman–Crippen LogP) is 4.02. The molecular formula is C16H29N3OSi. The van der Waals surface area contributed by atoms with Gasteiger partial charge in [-0.25, -0.2) is 4.98 Å². The summed E-state index contributed by atoms with van der Waals surface area (Å²) in [6, 6.07) is 4.30. The highest BCUT2D eigenvalue weighted by Gasteiger charge is 2.40. The second-order valence-corrected chi connectivity index (χ2v) is 12.4. The van der Waals surface area contributed by atoms with Gasteiger partial charge in [0.15, 0.2) is 8.32 Å². The van der Waals surface area contributed by atoms with Gasteiger partial charge < -0.3 is 15.5 Å². The topological polar surface area (TPSA) is 60.2 Å². The molecule has 2 atom stereocenters. The number of aromatic nitrogens is 1. The number of anilines is 2. The number of nitrogens with two attached hydrogens (primary N) is 1. The van der Waals surface area contributed by atoms with Gasteiger partial charge in [-0.3, -0.25) is 0 Å². The van der Waals surface area contributed by atoms with Gasteiger partial charge in [0.05, 0.1) is 11.9 Å². The molecule has 118 valence electrons. The fourth-order valence-electron chi connectivity index (χ4n) is 2.50. The Hall–Kier alpha value is -1.07. The van der Waals surface area contributed by atoms with Gasteiger partial charge in [-0.05, 0) is 49.5 Å². The van der Waals surface area contributed by atoms with Crippen molar-refractivity contribution in [3.8, 4) is 0 Å². The smallest absolute Gasteiger partial charge is 0.192 e. The monoisotopic (exact) mass is 307 g/mol. The Labute approximate surface area is 129 Å². The first-order chi connectivity index (χ1) is 9.67. The summed E-state index contributed by atoms with van der Waals surface area (Å²) in [5.74, 6) is 0.561. The van der Waals surface area contributed by atoms with E-state index in [1.807, 2.05) is 12.1 Å². The summed E-state index contributed by atoms with van der Waals surface area (Å²) in [7, 11) is -1.66. The van der Waals surface area contributed by atoms with Crippen LogP contribution in [0, 0.1) is 0 Å². The third kappa shape index (κ3) is 4.20. The van der Waals surface area contributed by atoms with E-state index < -0.39 is 8.32 Å². The van der Waals surface area contributed by atoms with E-state index in [1.54, 1.807) is 6.20 Å². The van der Waals surface area contributed by atoms with E-state index >= 15 is 0 Å². The summed E-state index contributed by atoms with van der Waals surface area (Å²) in [5, 5.41) is 3.82. The Morgan fingerprint density at radius 2 is 2.00 bits per heavy atom. The predicted molar refractivity (Wildman–Crippen MR) is 92.0 cm³/mol. The van der Waals surface area contributed by atoms with Crippen LogP contribution in [-0.4, -0.2) is 25.4 Å². The molecule has 0 amide bonds. The van der Waals surface area contributed by atoms with Crippen LogP contribution in [0.25, 0.3) is 0 Å². The maximum absolute atomic E-state index is 6.51. The minimum absolute atomic E-state index is 0.277. The van der Waals surface area contributed by atoms with Crippen LogP contribution in [0.15, 0.2) is 18.3 Å². The summed E-state index contributed by atoms with van der Waals surface area (Å²) in [4.78, 5) is 4.12. The van der Waals surface area contributed by atoms with Crippen molar-refractivity contribution >= 4 is 19.8 Å². The molecule has 4 nitrogen and oxygen atoms in total. The zero-order chi connectivity index (χ0) is 15.7. The number of nitrogens with one attached hydrogen (secondary N) is 1. The molecule has 0 unspecified atom stereocenters. The first-order valence-corrected chi connectivity index (χ1v) is 10.7. The quantitative estimate of drug-likeness (QED) is 0.825. The van der Waals surface area contributed by atoms with E-state index in [1.165, 1.54) is 0 Å². The maximum atomic E-state index is 6.51. The molecule has 1 aliphatic carbocycles. The second kappa shape index (κ2) is 5.97. The highest BCUT2D eigenvalue weighted by Crippen LogP contribution is 2.39. The molecule has 0 spiro atoms. The average molecular weight is 308 g/mol. The third-order valence-electron chi connectivity index (χ3n) is 4.81. The lowest BCUT2D eigenvalue weighted by Gasteiger charge is -2.38. The highest BCUT2D eigenvalue weighted by molar-refractivity contribution is 6.74. The third-order valence-corrected chi connectivity index (χ3v) is 9.34. The molecule has 0 radical (unpaired) electrons. The Morgan fingerprint density at radius 1 is 1.29 bits per heavy atom. The lowest BCUT2D eigenvalue weighted by Crippen LogP contribution is -2.43. The van der Waals surface area contributed by atoms with Crippen LogP contribution in [-0.2, 0) is 4.43 Å². The van der Waals surface area contributed by atoms with Crippen LogP contribution < -0.4 is 11.1 Å². The standard InChI is InChI=1S/C16H29N3OSi/c1-16(2,3)21(4,5)20-14-8-6-12(10-14)19-13-7-9-15(17)18-11-13/h7,9,11-12,14,19H,6,8,10H2,1-5H3,(H2,17,18)/t12-,14+/m0/s1. The molecule has 1 heterocycles. The van der Waals surface area contributed by atoms with Gasteiger partial charge in [-0.1, -0.05) is 20.8 Å². The van der Waals surface area contributed by atoms with Crippen molar-refractivity contribution in [2.24, 2.45) is 0 Å². The second-order valence-electron chi connectivity index (χ2n) is 7.63. The molecule has 1 saturated carbocycles. The molecule has 3 N–H and O–H groups in total. The zero-order valence-corrected chi connectivity index (χ0v) is 14.9. The van der Waals surface area contributed by atoms with Crippen LogP contribution in [0.1, 0.15) is 40.0 Å². The molecule has 5 heteroatoms. The van der Waals surface area contributed by atoms with Crippen LogP contribution >= 0.6 is 0 Å². The normalized spacial score (nSPS) is 23.3. The maximum Gasteiger partial charge on any atom is 0.192 e. The van der Waals surface area contributed by atoms with E-state index in [0.29, 0.717) is 18.0 Å². The van der Waals surface area contributed by atoms with Crippen molar-refractivity contribution < 1.29 is 4.43 Å². The summed E-state index contributed by atoms with van der Waals surface area (Å²) >= 11 is 0. The van der Waals surface area contributed by atoms with E-state index in [4.69, 9.17) is 10.2 Å². The highest BCUT2D eigenvalue weighted by atomic mass is 28.4. The number of nitrogen functional groups attached to an aromatic ring is 1. The van der Waals surface area contributed by atoms with Gasteiger partial charge in [0.25, 0.3) is 0 Å². The molecule has 0 aromatic carbocycles. The largest absolute Gasteiger partial charge is 0.414 e. The SMILES string of the molecule is CC(C)(C)[Si](C)(C)O[C@@H]1CC[C@H](Nc2ccc(N)nc2)C1. The summed E-state index contributed by atoms with van der Waals surface area (Å²) < 4.78 is 6.51. The molecule has 0 aliphatic heterocycles. The molecule has 21 heavy (non-hydrogen) atoms. The van der Waals surface area contributed by atoms with Gasteiger partial charge >= 0.3 is 0 Å². The zero-order valence-electron chi connectivity index (χ0n) is 13.9. The molecule has 1 aromatic heterocycles. The van der Waals surface area contributed by atoms with E-state index in [2.05, 4.69) is 44.2 Å². The van der Waals surface area contributed by atoms with Gasteiger partial charge in [0.1, 0.15) is 5.82 Å². The molecule has 1 aromatic rings. The molecule has 1 fully saturated rings. The van der Waals surface area contributed by atoms with Gasteiger partial charge in [-0.15, -0.1) is 0 Å². The van der Waals surface area contributed by atoms with Crippen LogP contribution in [0.4, 0.5) is 11.5 Å². The Kier molecular flexibility index (Phi) is 4.63. The minimum Gasteiger partial charge on any atom is -0.414 e. The first kappa shape index (κ1) is 16.3. The van der Waals surface area contributed by atoms with Crippen molar-refractivity contribution in [1.29, 1.82) is 0 Å². The van der Waals surface area contributed by atoms with Gasteiger partial charge in [-0.2, -0.15) is 0 Å². The Morgan fingerprint density at radius 3 is 2.57 bits per heavy atom. The fourth-order valence-corrected chi connectivity index (χ4v) is 3.90.